The van der Waals surface area contributed by atoms with Crippen LogP contribution in [0.4, 0.5) is 0 Å². The number of aromatic nitrogens is 2. The molecule has 1 heterocycles. The van der Waals surface area contributed by atoms with Gasteiger partial charge in [-0.25, -0.2) is 0 Å². The fourth-order valence-electron chi connectivity index (χ4n) is 2.28. The van der Waals surface area contributed by atoms with Crippen molar-refractivity contribution in [3.63, 3.8) is 0 Å². The van der Waals surface area contributed by atoms with Crippen molar-refractivity contribution in [3.8, 4) is 0 Å². The summed E-state index contributed by atoms with van der Waals surface area (Å²) in [5.41, 5.74) is 7.25. The van der Waals surface area contributed by atoms with Gasteiger partial charge < -0.3 is 15.2 Å². The first-order valence-corrected chi connectivity index (χ1v) is 7.57. The molecule has 1 aromatic carbocycles. The van der Waals surface area contributed by atoms with Crippen LogP contribution in [0.5, 0.6) is 0 Å². The van der Waals surface area contributed by atoms with Gasteiger partial charge in [-0.15, -0.1) is 0 Å². The van der Waals surface area contributed by atoms with E-state index in [1.807, 2.05) is 30.3 Å². The van der Waals surface area contributed by atoms with Gasteiger partial charge in [-0.2, -0.15) is 4.98 Å². The van der Waals surface area contributed by atoms with Crippen LogP contribution in [0.1, 0.15) is 37.2 Å². The van der Waals surface area contributed by atoms with Crippen LogP contribution in [-0.2, 0) is 12.8 Å². The molecule has 1 aromatic heterocycles. The maximum Gasteiger partial charge on any atom is 0.228 e. The van der Waals surface area contributed by atoms with E-state index in [1.165, 1.54) is 0 Å². The van der Waals surface area contributed by atoms with Crippen LogP contribution < -0.4 is 5.73 Å². The fraction of sp³-hybridized carbons (Fsp3) is 0.500. The highest BCUT2D eigenvalue weighted by Crippen LogP contribution is 2.14. The second kappa shape index (κ2) is 7.90. The van der Waals surface area contributed by atoms with Crippen molar-refractivity contribution >= 4 is 0 Å². The van der Waals surface area contributed by atoms with E-state index in [-0.39, 0.29) is 6.04 Å². The monoisotopic (exact) mass is 288 g/mol. The maximum atomic E-state index is 6.17. The smallest absolute Gasteiger partial charge is 0.228 e. The highest BCUT2D eigenvalue weighted by molar-refractivity contribution is 5.19. The largest absolute Gasteiger partial charge is 0.339 e. The molecule has 2 N–H and O–H groups in total. The number of hydrogen-bond acceptors (Lipinski definition) is 5. The lowest BCUT2D eigenvalue weighted by atomic mass is 10.1. The SMILES string of the molecule is CCN(CC)CCc1noc(CC(N)c2ccccc2)n1. The molecule has 0 bridgehead atoms. The Morgan fingerprint density at radius 1 is 1.19 bits per heavy atom. The summed E-state index contributed by atoms with van der Waals surface area (Å²) in [6, 6.07) is 9.87. The van der Waals surface area contributed by atoms with Gasteiger partial charge in [0.2, 0.25) is 5.89 Å². The molecule has 1 atom stereocenters. The molecule has 0 aliphatic rings. The van der Waals surface area contributed by atoms with Crippen molar-refractivity contribution < 1.29 is 4.52 Å². The van der Waals surface area contributed by atoms with Crippen LogP contribution in [0, 0.1) is 0 Å². The molecule has 1 unspecified atom stereocenters. The zero-order chi connectivity index (χ0) is 15.1. The Morgan fingerprint density at radius 2 is 1.90 bits per heavy atom. The third kappa shape index (κ3) is 4.65. The number of rotatable bonds is 8. The topological polar surface area (TPSA) is 68.2 Å². The highest BCUT2D eigenvalue weighted by atomic mass is 16.5. The Kier molecular flexibility index (Phi) is 5.90. The Balaban J connectivity index is 1.88. The van der Waals surface area contributed by atoms with Crippen LogP contribution in [-0.4, -0.2) is 34.7 Å². The molecule has 0 saturated carbocycles. The summed E-state index contributed by atoms with van der Waals surface area (Å²) in [5, 5.41) is 4.04. The molecule has 114 valence electrons. The zero-order valence-electron chi connectivity index (χ0n) is 12.8. The van der Waals surface area contributed by atoms with Gasteiger partial charge in [-0.3, -0.25) is 0 Å². The van der Waals surface area contributed by atoms with Crippen LogP contribution in [0.15, 0.2) is 34.9 Å². The Morgan fingerprint density at radius 3 is 2.57 bits per heavy atom. The van der Waals surface area contributed by atoms with Crippen LogP contribution in [0.3, 0.4) is 0 Å². The van der Waals surface area contributed by atoms with Crippen molar-refractivity contribution in [3.05, 3.63) is 47.6 Å². The molecule has 0 saturated heterocycles. The molecular formula is C16H24N4O. The van der Waals surface area contributed by atoms with Crippen molar-refractivity contribution in [1.29, 1.82) is 0 Å². The molecule has 0 fully saturated rings. The van der Waals surface area contributed by atoms with Gasteiger partial charge in [-0.05, 0) is 18.7 Å². The molecule has 2 aromatic rings. The Bertz CT molecular complexity index is 522. The lowest BCUT2D eigenvalue weighted by molar-refractivity contribution is 0.302. The average Bonchev–Trinajstić information content (AvgIpc) is 2.96. The minimum absolute atomic E-state index is 0.109. The summed E-state index contributed by atoms with van der Waals surface area (Å²) in [6.45, 7) is 7.35. The van der Waals surface area contributed by atoms with Crippen LogP contribution >= 0.6 is 0 Å². The second-order valence-electron chi connectivity index (χ2n) is 5.10. The summed E-state index contributed by atoms with van der Waals surface area (Å²) in [6.07, 6.45) is 1.38. The molecular weight excluding hydrogens is 264 g/mol. The minimum atomic E-state index is -0.109. The molecule has 5 nitrogen and oxygen atoms in total. The van der Waals surface area contributed by atoms with E-state index in [2.05, 4.69) is 28.9 Å². The summed E-state index contributed by atoms with van der Waals surface area (Å²) in [4.78, 5) is 6.77. The number of benzene rings is 1. The number of likely N-dealkylation sites (N-methyl/N-ethyl adjacent to an activating group) is 1. The predicted octanol–water partition coefficient (Wildman–Crippen LogP) is 2.20. The number of nitrogens with zero attached hydrogens (tertiary/aromatic N) is 3. The summed E-state index contributed by atoms with van der Waals surface area (Å²) in [7, 11) is 0. The van der Waals surface area contributed by atoms with Gasteiger partial charge in [0.05, 0.1) is 0 Å². The molecule has 2 rings (SSSR count). The van der Waals surface area contributed by atoms with E-state index >= 15 is 0 Å². The third-order valence-corrected chi connectivity index (χ3v) is 3.68. The first-order valence-electron chi connectivity index (χ1n) is 7.57. The van der Waals surface area contributed by atoms with Gasteiger partial charge in [0, 0.05) is 25.4 Å². The standard InChI is InChI=1S/C16H24N4O/c1-3-20(4-2)11-10-15-18-16(21-19-15)12-14(17)13-8-6-5-7-9-13/h5-9,14H,3-4,10-12,17H2,1-2H3. The number of nitrogens with two attached hydrogens (primary N) is 1. The Labute approximate surface area is 126 Å². The quantitative estimate of drug-likeness (QED) is 0.806. The molecule has 0 aliphatic heterocycles. The normalized spacial score (nSPS) is 12.8. The van der Waals surface area contributed by atoms with Crippen molar-refractivity contribution in [2.45, 2.75) is 32.7 Å². The van der Waals surface area contributed by atoms with Gasteiger partial charge in [0.15, 0.2) is 5.82 Å². The Hall–Kier alpha value is -1.72. The first-order chi connectivity index (χ1) is 10.2. The van der Waals surface area contributed by atoms with Gasteiger partial charge in [-0.1, -0.05) is 49.3 Å². The maximum absolute atomic E-state index is 6.17. The zero-order valence-corrected chi connectivity index (χ0v) is 12.8. The van der Waals surface area contributed by atoms with Gasteiger partial charge >= 0.3 is 0 Å². The molecule has 0 aliphatic carbocycles. The molecule has 0 spiro atoms. The molecule has 5 heteroatoms. The van der Waals surface area contributed by atoms with E-state index in [4.69, 9.17) is 10.3 Å². The molecule has 21 heavy (non-hydrogen) atoms. The van der Waals surface area contributed by atoms with Crippen molar-refractivity contribution in [2.75, 3.05) is 19.6 Å². The second-order valence-corrected chi connectivity index (χ2v) is 5.10. The van der Waals surface area contributed by atoms with E-state index in [0.717, 1.165) is 37.4 Å². The highest BCUT2D eigenvalue weighted by Gasteiger charge is 2.13. The summed E-state index contributed by atoms with van der Waals surface area (Å²) >= 11 is 0. The average molecular weight is 288 g/mol. The molecule has 0 amide bonds. The van der Waals surface area contributed by atoms with E-state index < -0.39 is 0 Å². The first kappa shape index (κ1) is 15.7. The van der Waals surface area contributed by atoms with E-state index in [0.29, 0.717) is 12.3 Å². The van der Waals surface area contributed by atoms with Crippen LogP contribution in [0.2, 0.25) is 0 Å². The van der Waals surface area contributed by atoms with Crippen molar-refractivity contribution in [1.82, 2.24) is 15.0 Å². The molecule has 0 radical (unpaired) electrons. The van der Waals surface area contributed by atoms with Crippen LogP contribution in [0.25, 0.3) is 0 Å². The van der Waals surface area contributed by atoms with Gasteiger partial charge in [0.1, 0.15) is 0 Å². The summed E-state index contributed by atoms with van der Waals surface area (Å²) < 4.78 is 5.30. The van der Waals surface area contributed by atoms with E-state index in [1.54, 1.807) is 0 Å². The van der Waals surface area contributed by atoms with Gasteiger partial charge in [0.25, 0.3) is 0 Å². The lowest BCUT2D eigenvalue weighted by Crippen LogP contribution is -2.25. The summed E-state index contributed by atoms with van der Waals surface area (Å²) in [5.74, 6) is 1.37. The minimum Gasteiger partial charge on any atom is -0.339 e. The lowest BCUT2D eigenvalue weighted by Gasteiger charge is -2.16. The fourth-order valence-corrected chi connectivity index (χ4v) is 2.28. The predicted molar refractivity (Wildman–Crippen MR) is 82.9 cm³/mol. The third-order valence-electron chi connectivity index (χ3n) is 3.68. The van der Waals surface area contributed by atoms with E-state index in [9.17, 15) is 0 Å². The number of hydrogen-bond donors (Lipinski definition) is 1. The van der Waals surface area contributed by atoms with Crippen molar-refractivity contribution in [2.24, 2.45) is 5.73 Å².